The Kier molecular flexibility index (Phi) is 6.17. The third kappa shape index (κ3) is 5.35. The molecule has 0 aliphatic carbocycles. The zero-order valence-corrected chi connectivity index (χ0v) is 13.4. The van der Waals surface area contributed by atoms with Crippen LogP contribution in [0.1, 0.15) is 25.8 Å². The fourth-order valence-corrected chi connectivity index (χ4v) is 3.55. The normalized spacial score (nSPS) is 11.9. The van der Waals surface area contributed by atoms with Gasteiger partial charge in [0.2, 0.25) is 10.0 Å². The smallest absolute Gasteiger partial charge is 0.306 e. The lowest BCUT2D eigenvalue weighted by atomic mass is 10.2. The van der Waals surface area contributed by atoms with Crippen molar-refractivity contribution >= 4 is 21.7 Å². The van der Waals surface area contributed by atoms with Gasteiger partial charge in [0.15, 0.2) is 0 Å². The molecule has 0 bridgehead atoms. The summed E-state index contributed by atoms with van der Waals surface area (Å²) in [6.45, 7) is 3.82. The molecule has 0 saturated carbocycles. The standard InChI is InChI=1S/C14H22N2O4S/c1-11(2)16(10-12-5-4-6-13(15)9-12)21(18,19)8-7-14(17)20-3/h4-6,9,11H,7-8,10,15H2,1-3H3. The fourth-order valence-electron chi connectivity index (χ4n) is 1.91. The molecule has 0 aliphatic rings. The third-order valence-corrected chi connectivity index (χ3v) is 5.00. The average molecular weight is 314 g/mol. The van der Waals surface area contributed by atoms with Gasteiger partial charge >= 0.3 is 5.97 Å². The largest absolute Gasteiger partial charge is 0.469 e. The maximum atomic E-state index is 12.4. The zero-order valence-electron chi connectivity index (χ0n) is 12.6. The molecule has 1 aromatic carbocycles. The molecular formula is C14H22N2O4S. The summed E-state index contributed by atoms with van der Waals surface area (Å²) in [6.07, 6.45) is -0.154. The highest BCUT2D eigenvalue weighted by Crippen LogP contribution is 2.16. The van der Waals surface area contributed by atoms with E-state index in [1.807, 2.05) is 6.07 Å². The number of nitrogen functional groups attached to an aromatic ring is 1. The molecule has 7 heteroatoms. The van der Waals surface area contributed by atoms with Crippen LogP contribution in [0.25, 0.3) is 0 Å². The number of esters is 1. The number of sulfonamides is 1. The van der Waals surface area contributed by atoms with Crippen LogP contribution in [-0.4, -0.2) is 37.6 Å². The number of hydrogen-bond acceptors (Lipinski definition) is 5. The van der Waals surface area contributed by atoms with E-state index in [2.05, 4.69) is 4.74 Å². The molecule has 0 atom stereocenters. The van der Waals surface area contributed by atoms with Crippen LogP contribution in [0.15, 0.2) is 24.3 Å². The number of anilines is 1. The second-order valence-corrected chi connectivity index (χ2v) is 7.07. The van der Waals surface area contributed by atoms with E-state index < -0.39 is 16.0 Å². The van der Waals surface area contributed by atoms with Gasteiger partial charge in [0.25, 0.3) is 0 Å². The zero-order chi connectivity index (χ0) is 16.0. The number of nitrogens with two attached hydrogens (primary N) is 1. The highest BCUT2D eigenvalue weighted by Gasteiger charge is 2.26. The maximum absolute atomic E-state index is 12.4. The monoisotopic (exact) mass is 314 g/mol. The van der Waals surface area contributed by atoms with Crippen LogP contribution in [0, 0.1) is 0 Å². The van der Waals surface area contributed by atoms with Crippen molar-refractivity contribution < 1.29 is 17.9 Å². The van der Waals surface area contributed by atoms with E-state index in [0.29, 0.717) is 5.69 Å². The molecule has 21 heavy (non-hydrogen) atoms. The quantitative estimate of drug-likeness (QED) is 0.606. The van der Waals surface area contributed by atoms with Crippen molar-refractivity contribution in [1.82, 2.24) is 4.31 Å². The van der Waals surface area contributed by atoms with Crippen molar-refractivity contribution in [3.8, 4) is 0 Å². The SMILES string of the molecule is COC(=O)CCS(=O)(=O)N(Cc1cccc(N)c1)C(C)C. The molecule has 2 N–H and O–H groups in total. The molecule has 0 radical (unpaired) electrons. The van der Waals surface area contributed by atoms with Crippen LogP contribution in [0.3, 0.4) is 0 Å². The first kappa shape index (κ1) is 17.5. The number of ether oxygens (including phenoxy) is 1. The predicted octanol–water partition coefficient (Wildman–Crippen LogP) is 1.37. The van der Waals surface area contributed by atoms with Crippen molar-refractivity contribution in [3.05, 3.63) is 29.8 Å². The van der Waals surface area contributed by atoms with E-state index in [9.17, 15) is 13.2 Å². The molecule has 1 aromatic rings. The van der Waals surface area contributed by atoms with Crippen molar-refractivity contribution in [2.45, 2.75) is 32.9 Å². The minimum absolute atomic E-state index is 0.154. The second-order valence-electron chi connectivity index (χ2n) is 5.03. The minimum Gasteiger partial charge on any atom is -0.469 e. The van der Waals surface area contributed by atoms with Crippen molar-refractivity contribution in [2.75, 3.05) is 18.6 Å². The summed E-state index contributed by atoms with van der Waals surface area (Å²) in [5.41, 5.74) is 7.10. The molecule has 0 saturated heterocycles. The minimum atomic E-state index is -3.55. The van der Waals surface area contributed by atoms with Gasteiger partial charge < -0.3 is 10.5 Å². The van der Waals surface area contributed by atoms with Gasteiger partial charge in [-0.05, 0) is 31.5 Å². The highest BCUT2D eigenvalue weighted by atomic mass is 32.2. The summed E-state index contributed by atoms with van der Waals surface area (Å²) in [4.78, 5) is 11.1. The summed E-state index contributed by atoms with van der Waals surface area (Å²) >= 11 is 0. The number of carbonyl (C=O) groups is 1. The Balaban J connectivity index is 2.88. The molecule has 0 spiro atoms. The van der Waals surface area contributed by atoms with Crippen LogP contribution in [0.5, 0.6) is 0 Å². The van der Waals surface area contributed by atoms with Gasteiger partial charge in [-0.15, -0.1) is 0 Å². The fraction of sp³-hybridized carbons (Fsp3) is 0.500. The molecule has 1 rings (SSSR count). The number of methoxy groups -OCH3 is 1. The van der Waals surface area contributed by atoms with Crippen LogP contribution in [0.2, 0.25) is 0 Å². The molecule has 0 aromatic heterocycles. The van der Waals surface area contributed by atoms with Gasteiger partial charge in [-0.1, -0.05) is 12.1 Å². The Morgan fingerprint density at radius 2 is 2.05 bits per heavy atom. The topological polar surface area (TPSA) is 89.7 Å². The van der Waals surface area contributed by atoms with E-state index in [-0.39, 0.29) is 24.8 Å². The molecular weight excluding hydrogens is 292 g/mol. The first-order valence-corrected chi connectivity index (χ1v) is 8.28. The number of carbonyl (C=O) groups excluding carboxylic acids is 1. The van der Waals surface area contributed by atoms with E-state index in [0.717, 1.165) is 5.56 Å². The lowest BCUT2D eigenvalue weighted by Gasteiger charge is -2.26. The predicted molar refractivity (Wildman–Crippen MR) is 82.0 cm³/mol. The summed E-state index contributed by atoms with van der Waals surface area (Å²) in [5.74, 6) is -0.800. The lowest BCUT2D eigenvalue weighted by Crippen LogP contribution is -2.38. The van der Waals surface area contributed by atoms with E-state index in [1.54, 1.807) is 32.0 Å². The van der Waals surface area contributed by atoms with Crippen LogP contribution >= 0.6 is 0 Å². The van der Waals surface area contributed by atoms with Crippen LogP contribution in [0.4, 0.5) is 5.69 Å². The number of benzene rings is 1. The first-order chi connectivity index (χ1) is 9.76. The van der Waals surface area contributed by atoms with Gasteiger partial charge in [-0.2, -0.15) is 4.31 Å². The second kappa shape index (κ2) is 7.42. The van der Waals surface area contributed by atoms with Crippen molar-refractivity contribution in [2.24, 2.45) is 0 Å². The first-order valence-electron chi connectivity index (χ1n) is 6.67. The van der Waals surface area contributed by atoms with Gasteiger partial charge in [-0.25, -0.2) is 8.42 Å². The highest BCUT2D eigenvalue weighted by molar-refractivity contribution is 7.89. The van der Waals surface area contributed by atoms with Gasteiger partial charge in [0.05, 0.1) is 19.3 Å². The Bertz CT molecular complexity index is 584. The van der Waals surface area contributed by atoms with Gasteiger partial charge in [-0.3, -0.25) is 4.79 Å². The average Bonchev–Trinajstić information content (AvgIpc) is 2.41. The molecule has 0 heterocycles. The lowest BCUT2D eigenvalue weighted by molar-refractivity contribution is -0.140. The number of nitrogens with zero attached hydrogens (tertiary/aromatic N) is 1. The van der Waals surface area contributed by atoms with E-state index in [1.165, 1.54) is 11.4 Å². The third-order valence-electron chi connectivity index (χ3n) is 3.01. The summed E-state index contributed by atoms with van der Waals surface area (Å²) < 4.78 is 30.6. The van der Waals surface area contributed by atoms with Crippen molar-refractivity contribution in [1.29, 1.82) is 0 Å². The van der Waals surface area contributed by atoms with Crippen molar-refractivity contribution in [3.63, 3.8) is 0 Å². The number of rotatable bonds is 7. The number of hydrogen-bond donors (Lipinski definition) is 1. The molecule has 0 fully saturated rings. The summed E-state index contributed by atoms with van der Waals surface area (Å²) in [5, 5.41) is 0. The Hall–Kier alpha value is -1.60. The molecule has 0 aliphatic heterocycles. The Morgan fingerprint density at radius 3 is 2.57 bits per heavy atom. The Labute approximate surface area is 125 Å². The molecule has 0 amide bonds. The summed E-state index contributed by atoms with van der Waals surface area (Å²) in [6, 6.07) is 6.88. The molecule has 6 nitrogen and oxygen atoms in total. The van der Waals surface area contributed by atoms with Gasteiger partial charge in [0.1, 0.15) is 0 Å². The molecule has 0 unspecified atom stereocenters. The molecule has 118 valence electrons. The van der Waals surface area contributed by atoms with Gasteiger partial charge in [0, 0.05) is 18.3 Å². The van der Waals surface area contributed by atoms with Crippen LogP contribution < -0.4 is 5.73 Å². The van der Waals surface area contributed by atoms with E-state index >= 15 is 0 Å². The van der Waals surface area contributed by atoms with Crippen LogP contribution in [-0.2, 0) is 26.1 Å². The summed E-state index contributed by atoms with van der Waals surface area (Å²) in [7, 11) is -2.31. The van der Waals surface area contributed by atoms with E-state index in [4.69, 9.17) is 5.73 Å². The maximum Gasteiger partial charge on any atom is 0.306 e. The Morgan fingerprint density at radius 1 is 1.38 bits per heavy atom.